The third-order valence-electron chi connectivity index (χ3n) is 7.07. The molecule has 0 radical (unpaired) electrons. The van der Waals surface area contributed by atoms with E-state index in [2.05, 4.69) is 140 Å². The molecule has 0 saturated carbocycles. The summed E-state index contributed by atoms with van der Waals surface area (Å²) < 4.78 is 0. The van der Waals surface area contributed by atoms with Gasteiger partial charge in [0.05, 0.1) is 0 Å². The first-order chi connectivity index (χ1) is 17.2. The van der Waals surface area contributed by atoms with E-state index in [-0.39, 0.29) is 0 Å². The number of para-hydroxylation sites is 2. The fourth-order valence-corrected chi connectivity index (χ4v) is 5.29. The minimum absolute atomic E-state index is 0.436. The van der Waals surface area contributed by atoms with Gasteiger partial charge in [-0.3, -0.25) is 0 Å². The molecule has 0 unspecified atom stereocenters. The topological polar surface area (TPSA) is 3.24 Å². The lowest BCUT2D eigenvalue weighted by Gasteiger charge is -2.29. The Morgan fingerprint density at radius 1 is 0.543 bits per heavy atom. The molecule has 0 aromatic heterocycles. The summed E-state index contributed by atoms with van der Waals surface area (Å²) in [7, 11) is 0. The predicted octanol–water partition coefficient (Wildman–Crippen LogP) is 9.52. The van der Waals surface area contributed by atoms with Crippen LogP contribution in [0, 0.1) is 0 Å². The van der Waals surface area contributed by atoms with Gasteiger partial charge in [-0.2, -0.15) is 0 Å². The normalized spacial score (nSPS) is 11.9. The van der Waals surface area contributed by atoms with Crippen LogP contribution in [0.3, 0.4) is 0 Å². The molecule has 0 amide bonds. The Balaban J connectivity index is 1.40. The third kappa shape index (κ3) is 3.94. The summed E-state index contributed by atoms with van der Waals surface area (Å²) in [5.74, 6) is 0.436. The molecule has 6 rings (SSSR count). The smallest absolute Gasteiger partial charge is 0.0496 e. The number of anilines is 3. The van der Waals surface area contributed by atoms with E-state index in [4.69, 9.17) is 0 Å². The lowest BCUT2D eigenvalue weighted by molar-refractivity contribution is 0.864. The Labute approximate surface area is 208 Å². The van der Waals surface area contributed by atoms with Gasteiger partial charge in [-0.1, -0.05) is 98.8 Å². The summed E-state index contributed by atoms with van der Waals surface area (Å²) in [6, 6.07) is 44.1. The number of fused-ring (bicyclic) bond motifs is 3. The van der Waals surface area contributed by atoms with Crippen LogP contribution in [0.5, 0.6) is 0 Å². The molecule has 1 aliphatic rings. The largest absolute Gasteiger partial charge is 0.310 e. The molecule has 5 aromatic carbocycles. The SMILES string of the molecule is CC(C)c1ccccc1N(c1ccccc1)c1ccc(-c2ccc3c(c2)-c2ccccc2C3)cc1. The molecule has 0 saturated heterocycles. The summed E-state index contributed by atoms with van der Waals surface area (Å²) >= 11 is 0. The van der Waals surface area contributed by atoms with Crippen LogP contribution in [0.4, 0.5) is 17.1 Å². The number of hydrogen-bond acceptors (Lipinski definition) is 1. The zero-order chi connectivity index (χ0) is 23.8. The van der Waals surface area contributed by atoms with E-state index < -0.39 is 0 Å². The van der Waals surface area contributed by atoms with Crippen LogP contribution in [0.25, 0.3) is 22.3 Å². The fourth-order valence-electron chi connectivity index (χ4n) is 5.29. The van der Waals surface area contributed by atoms with Gasteiger partial charge in [0.2, 0.25) is 0 Å². The standard InChI is InChI=1S/C34H29N/c1-24(2)31-13-8-9-15-34(31)35(29-11-4-3-5-12-29)30-20-18-25(19-21-30)26-16-17-28-22-27-10-6-7-14-32(27)33(28)23-26/h3-21,23-24H,22H2,1-2H3. The van der Waals surface area contributed by atoms with Gasteiger partial charge in [-0.05, 0) is 87.7 Å². The van der Waals surface area contributed by atoms with Gasteiger partial charge in [0, 0.05) is 17.1 Å². The van der Waals surface area contributed by atoms with Crippen molar-refractivity contribution in [1.82, 2.24) is 0 Å². The highest BCUT2D eigenvalue weighted by molar-refractivity contribution is 5.83. The van der Waals surface area contributed by atoms with Crippen molar-refractivity contribution >= 4 is 17.1 Å². The zero-order valence-electron chi connectivity index (χ0n) is 20.3. The van der Waals surface area contributed by atoms with E-state index in [1.807, 2.05) is 0 Å². The van der Waals surface area contributed by atoms with E-state index in [0.717, 1.165) is 6.42 Å². The lowest BCUT2D eigenvalue weighted by Crippen LogP contribution is -2.12. The van der Waals surface area contributed by atoms with Crippen LogP contribution < -0.4 is 4.90 Å². The minimum atomic E-state index is 0.436. The Morgan fingerprint density at radius 3 is 1.97 bits per heavy atom. The average molecular weight is 452 g/mol. The molecule has 0 fully saturated rings. The van der Waals surface area contributed by atoms with E-state index in [0.29, 0.717) is 5.92 Å². The van der Waals surface area contributed by atoms with Crippen LogP contribution in [0.2, 0.25) is 0 Å². The summed E-state index contributed by atoms with van der Waals surface area (Å²) in [5, 5.41) is 0. The summed E-state index contributed by atoms with van der Waals surface area (Å²) in [6.07, 6.45) is 1.03. The number of hydrogen-bond donors (Lipinski definition) is 0. The predicted molar refractivity (Wildman–Crippen MR) is 149 cm³/mol. The highest BCUT2D eigenvalue weighted by atomic mass is 15.1. The van der Waals surface area contributed by atoms with Crippen LogP contribution in [-0.4, -0.2) is 0 Å². The Bertz CT molecular complexity index is 1480. The lowest BCUT2D eigenvalue weighted by atomic mass is 9.97. The molecule has 0 heterocycles. The molecule has 1 heteroatoms. The quantitative estimate of drug-likeness (QED) is 0.252. The van der Waals surface area contributed by atoms with Gasteiger partial charge >= 0.3 is 0 Å². The Morgan fingerprint density at radius 2 is 1.17 bits per heavy atom. The first-order valence-corrected chi connectivity index (χ1v) is 12.4. The monoisotopic (exact) mass is 451 g/mol. The molecule has 0 bridgehead atoms. The first-order valence-electron chi connectivity index (χ1n) is 12.4. The maximum atomic E-state index is 2.37. The molecule has 1 aliphatic carbocycles. The molecule has 0 N–H and O–H groups in total. The summed E-state index contributed by atoms with van der Waals surface area (Å²) in [5.41, 5.74) is 13.0. The summed E-state index contributed by atoms with van der Waals surface area (Å²) in [6.45, 7) is 4.52. The summed E-state index contributed by atoms with van der Waals surface area (Å²) in [4.78, 5) is 2.37. The molecule has 0 atom stereocenters. The zero-order valence-corrected chi connectivity index (χ0v) is 20.3. The van der Waals surface area contributed by atoms with Crippen molar-refractivity contribution in [3.05, 3.63) is 138 Å². The van der Waals surface area contributed by atoms with Crippen molar-refractivity contribution < 1.29 is 0 Å². The van der Waals surface area contributed by atoms with Crippen molar-refractivity contribution in [2.75, 3.05) is 4.90 Å². The maximum absolute atomic E-state index is 2.37. The van der Waals surface area contributed by atoms with E-state index in [1.54, 1.807) is 0 Å². The van der Waals surface area contributed by atoms with Crippen molar-refractivity contribution in [2.24, 2.45) is 0 Å². The van der Waals surface area contributed by atoms with Gasteiger partial charge in [0.15, 0.2) is 0 Å². The third-order valence-corrected chi connectivity index (χ3v) is 7.07. The van der Waals surface area contributed by atoms with Crippen molar-refractivity contribution in [2.45, 2.75) is 26.2 Å². The van der Waals surface area contributed by atoms with Gasteiger partial charge < -0.3 is 4.90 Å². The molecule has 1 nitrogen and oxygen atoms in total. The molecular formula is C34H29N. The van der Waals surface area contributed by atoms with Gasteiger partial charge in [-0.25, -0.2) is 0 Å². The molecule has 0 spiro atoms. The molecule has 5 aromatic rings. The highest BCUT2D eigenvalue weighted by Crippen LogP contribution is 2.41. The van der Waals surface area contributed by atoms with Crippen molar-refractivity contribution in [3.8, 4) is 22.3 Å². The number of benzene rings is 5. The second-order valence-electron chi connectivity index (χ2n) is 9.64. The van der Waals surface area contributed by atoms with E-state index >= 15 is 0 Å². The Kier molecular flexibility index (Phi) is 5.47. The molecule has 35 heavy (non-hydrogen) atoms. The molecule has 170 valence electrons. The fraction of sp³-hybridized carbons (Fsp3) is 0.118. The van der Waals surface area contributed by atoms with Crippen LogP contribution in [0.1, 0.15) is 36.5 Å². The molecular weight excluding hydrogens is 422 g/mol. The minimum Gasteiger partial charge on any atom is -0.310 e. The second kappa shape index (κ2) is 8.92. The van der Waals surface area contributed by atoms with E-state index in [1.165, 1.54) is 56.0 Å². The van der Waals surface area contributed by atoms with Crippen LogP contribution in [0.15, 0.2) is 121 Å². The first kappa shape index (κ1) is 21.4. The maximum Gasteiger partial charge on any atom is 0.0496 e. The van der Waals surface area contributed by atoms with Gasteiger partial charge in [-0.15, -0.1) is 0 Å². The van der Waals surface area contributed by atoms with Crippen molar-refractivity contribution in [1.29, 1.82) is 0 Å². The Hall–Kier alpha value is -4.10. The van der Waals surface area contributed by atoms with Crippen LogP contribution in [-0.2, 0) is 6.42 Å². The average Bonchev–Trinajstić information content (AvgIpc) is 3.28. The van der Waals surface area contributed by atoms with Crippen molar-refractivity contribution in [3.63, 3.8) is 0 Å². The van der Waals surface area contributed by atoms with Crippen LogP contribution >= 0.6 is 0 Å². The number of rotatable bonds is 5. The highest BCUT2D eigenvalue weighted by Gasteiger charge is 2.19. The molecule has 0 aliphatic heterocycles. The van der Waals surface area contributed by atoms with Gasteiger partial charge in [0.1, 0.15) is 0 Å². The number of nitrogens with zero attached hydrogens (tertiary/aromatic N) is 1. The van der Waals surface area contributed by atoms with Gasteiger partial charge in [0.25, 0.3) is 0 Å². The second-order valence-corrected chi connectivity index (χ2v) is 9.64. The van der Waals surface area contributed by atoms with E-state index in [9.17, 15) is 0 Å².